The molecule has 0 aromatic rings. The van der Waals surface area contributed by atoms with E-state index in [9.17, 15) is 0 Å². The summed E-state index contributed by atoms with van der Waals surface area (Å²) in [6.45, 7) is 6.66. The van der Waals surface area contributed by atoms with Gasteiger partial charge in [0.2, 0.25) is 0 Å². The molecule has 2 N–H and O–H groups in total. The first-order chi connectivity index (χ1) is 8.66. The molecule has 0 bridgehead atoms. The van der Waals surface area contributed by atoms with Gasteiger partial charge in [0.15, 0.2) is 5.96 Å². The smallest absolute Gasteiger partial charge is 0.190 e. The second-order valence-electron chi connectivity index (χ2n) is 6.53. The summed E-state index contributed by atoms with van der Waals surface area (Å²) in [5.41, 5.74) is 0.621. The Labute approximate surface area is 135 Å². The molecule has 2 saturated carbocycles. The summed E-state index contributed by atoms with van der Waals surface area (Å²) in [4.78, 5) is 4.32. The van der Waals surface area contributed by atoms with Crippen molar-refractivity contribution in [1.29, 1.82) is 0 Å². The molecule has 2 aliphatic rings. The van der Waals surface area contributed by atoms with Crippen molar-refractivity contribution in [3.63, 3.8) is 0 Å². The average Bonchev–Trinajstić information content (AvgIpc) is 3.09. The van der Waals surface area contributed by atoms with Crippen LogP contribution in [0, 0.1) is 17.3 Å². The zero-order valence-corrected chi connectivity index (χ0v) is 15.0. The molecule has 0 atom stereocenters. The summed E-state index contributed by atoms with van der Waals surface area (Å²) >= 11 is 0. The fourth-order valence-electron chi connectivity index (χ4n) is 3.02. The minimum Gasteiger partial charge on any atom is -0.356 e. The van der Waals surface area contributed by atoms with E-state index in [1.54, 1.807) is 0 Å². The van der Waals surface area contributed by atoms with Crippen molar-refractivity contribution in [2.45, 2.75) is 52.4 Å². The first kappa shape index (κ1) is 17.1. The fourth-order valence-corrected chi connectivity index (χ4v) is 3.02. The van der Waals surface area contributed by atoms with Crippen LogP contribution in [0.1, 0.15) is 52.4 Å². The van der Waals surface area contributed by atoms with E-state index in [0.29, 0.717) is 5.41 Å². The molecule has 4 heteroatoms. The van der Waals surface area contributed by atoms with Gasteiger partial charge in [-0.3, -0.25) is 4.99 Å². The largest absolute Gasteiger partial charge is 0.356 e. The number of hydrogen-bond donors (Lipinski definition) is 2. The Kier molecular flexibility index (Phi) is 6.91. The summed E-state index contributed by atoms with van der Waals surface area (Å²) < 4.78 is 0. The fraction of sp³-hybridized carbons (Fsp3) is 0.933. The molecule has 2 aliphatic carbocycles. The van der Waals surface area contributed by atoms with E-state index >= 15 is 0 Å². The quantitative estimate of drug-likeness (QED) is 0.422. The molecule has 2 rings (SSSR count). The summed E-state index contributed by atoms with van der Waals surface area (Å²) in [7, 11) is 1.87. The Morgan fingerprint density at radius 1 is 1.26 bits per heavy atom. The van der Waals surface area contributed by atoms with Gasteiger partial charge >= 0.3 is 0 Å². The van der Waals surface area contributed by atoms with Crippen LogP contribution in [0.5, 0.6) is 0 Å². The molecule has 0 radical (unpaired) electrons. The standard InChI is InChI=1S/C15H29N3.HI/c1-12(2)7-10-17-14(16-3)18-11-15(8-4-9-15)13-5-6-13;/h12-13H,4-11H2,1-3H3,(H2,16,17,18);1H. The third kappa shape index (κ3) is 4.80. The van der Waals surface area contributed by atoms with Gasteiger partial charge in [-0.15, -0.1) is 24.0 Å². The van der Waals surface area contributed by atoms with Crippen LogP contribution in [0.2, 0.25) is 0 Å². The lowest BCUT2D eigenvalue weighted by Gasteiger charge is -2.43. The number of rotatable bonds is 6. The maximum Gasteiger partial charge on any atom is 0.190 e. The van der Waals surface area contributed by atoms with Crippen LogP contribution in [0.15, 0.2) is 4.99 Å². The van der Waals surface area contributed by atoms with Crippen molar-refractivity contribution in [1.82, 2.24) is 10.6 Å². The van der Waals surface area contributed by atoms with Gasteiger partial charge in [0, 0.05) is 20.1 Å². The molecular weight excluding hydrogens is 349 g/mol. The Morgan fingerprint density at radius 3 is 2.37 bits per heavy atom. The minimum absolute atomic E-state index is 0. The van der Waals surface area contributed by atoms with Gasteiger partial charge in [-0.2, -0.15) is 0 Å². The molecule has 0 aliphatic heterocycles. The predicted octanol–water partition coefficient (Wildman–Crippen LogP) is 3.40. The normalized spacial score (nSPS) is 21.6. The van der Waals surface area contributed by atoms with Crippen LogP contribution >= 0.6 is 24.0 Å². The molecule has 2 fully saturated rings. The number of guanidine groups is 1. The topological polar surface area (TPSA) is 36.4 Å². The Balaban J connectivity index is 0.00000180. The minimum atomic E-state index is 0. The van der Waals surface area contributed by atoms with Gasteiger partial charge < -0.3 is 10.6 Å². The summed E-state index contributed by atoms with van der Waals surface area (Å²) in [6.07, 6.45) is 8.40. The molecule has 19 heavy (non-hydrogen) atoms. The first-order valence-corrected chi connectivity index (χ1v) is 7.61. The van der Waals surface area contributed by atoms with Crippen LogP contribution in [0.3, 0.4) is 0 Å². The van der Waals surface area contributed by atoms with E-state index < -0.39 is 0 Å². The third-order valence-electron chi connectivity index (χ3n) is 4.64. The molecule has 0 heterocycles. The highest BCUT2D eigenvalue weighted by molar-refractivity contribution is 14.0. The van der Waals surface area contributed by atoms with E-state index in [1.165, 1.54) is 38.5 Å². The Bertz CT molecular complexity index is 294. The van der Waals surface area contributed by atoms with E-state index in [1.807, 2.05) is 7.05 Å². The summed E-state index contributed by atoms with van der Waals surface area (Å²) in [6, 6.07) is 0. The van der Waals surface area contributed by atoms with E-state index in [2.05, 4.69) is 29.5 Å². The molecule has 0 spiro atoms. The SMILES string of the molecule is CN=C(NCCC(C)C)NCC1(C2CC2)CCC1.I. The van der Waals surface area contributed by atoms with Crippen molar-refractivity contribution in [3.8, 4) is 0 Å². The van der Waals surface area contributed by atoms with E-state index in [-0.39, 0.29) is 24.0 Å². The highest BCUT2D eigenvalue weighted by atomic mass is 127. The van der Waals surface area contributed by atoms with Crippen molar-refractivity contribution in [2.24, 2.45) is 22.2 Å². The lowest BCUT2D eigenvalue weighted by molar-refractivity contribution is 0.106. The molecular formula is C15H30IN3. The van der Waals surface area contributed by atoms with Gasteiger partial charge in [-0.1, -0.05) is 20.3 Å². The maximum atomic E-state index is 4.32. The van der Waals surface area contributed by atoms with Crippen LogP contribution in [0.4, 0.5) is 0 Å². The number of nitrogens with zero attached hydrogens (tertiary/aromatic N) is 1. The van der Waals surface area contributed by atoms with Crippen molar-refractivity contribution in [2.75, 3.05) is 20.1 Å². The van der Waals surface area contributed by atoms with Gasteiger partial charge in [0.25, 0.3) is 0 Å². The summed E-state index contributed by atoms with van der Waals surface area (Å²) in [5, 5.41) is 6.97. The Morgan fingerprint density at radius 2 is 1.95 bits per heavy atom. The molecule has 0 amide bonds. The summed E-state index contributed by atoms with van der Waals surface area (Å²) in [5.74, 6) is 2.75. The molecule has 0 saturated heterocycles. The van der Waals surface area contributed by atoms with Gasteiger partial charge in [-0.25, -0.2) is 0 Å². The van der Waals surface area contributed by atoms with Gasteiger partial charge in [-0.05, 0) is 49.4 Å². The monoisotopic (exact) mass is 379 g/mol. The molecule has 0 aromatic carbocycles. The number of halogens is 1. The first-order valence-electron chi connectivity index (χ1n) is 7.61. The third-order valence-corrected chi connectivity index (χ3v) is 4.64. The zero-order chi connectivity index (χ0) is 13.0. The lowest BCUT2D eigenvalue weighted by atomic mass is 9.65. The van der Waals surface area contributed by atoms with E-state index in [4.69, 9.17) is 0 Å². The molecule has 0 aromatic heterocycles. The van der Waals surface area contributed by atoms with Crippen LogP contribution in [0.25, 0.3) is 0 Å². The van der Waals surface area contributed by atoms with Crippen molar-refractivity contribution >= 4 is 29.9 Å². The van der Waals surface area contributed by atoms with Crippen LogP contribution in [-0.4, -0.2) is 26.1 Å². The van der Waals surface area contributed by atoms with E-state index in [0.717, 1.165) is 30.9 Å². The second-order valence-corrected chi connectivity index (χ2v) is 6.53. The number of nitrogens with one attached hydrogen (secondary N) is 2. The Hall–Kier alpha value is 0. The second kappa shape index (κ2) is 7.70. The van der Waals surface area contributed by atoms with Crippen LogP contribution < -0.4 is 10.6 Å². The van der Waals surface area contributed by atoms with Crippen molar-refractivity contribution < 1.29 is 0 Å². The van der Waals surface area contributed by atoms with Gasteiger partial charge in [0.05, 0.1) is 0 Å². The number of hydrogen-bond acceptors (Lipinski definition) is 1. The lowest BCUT2D eigenvalue weighted by Crippen LogP contribution is -2.47. The highest BCUT2D eigenvalue weighted by Crippen LogP contribution is 2.56. The average molecular weight is 379 g/mol. The number of aliphatic imine (C=N–C) groups is 1. The molecule has 0 unspecified atom stereocenters. The van der Waals surface area contributed by atoms with Gasteiger partial charge in [0.1, 0.15) is 0 Å². The zero-order valence-electron chi connectivity index (χ0n) is 12.7. The molecule has 112 valence electrons. The predicted molar refractivity (Wildman–Crippen MR) is 93.2 cm³/mol. The van der Waals surface area contributed by atoms with Crippen LogP contribution in [-0.2, 0) is 0 Å². The van der Waals surface area contributed by atoms with Crippen molar-refractivity contribution in [3.05, 3.63) is 0 Å². The maximum absolute atomic E-state index is 4.32. The highest BCUT2D eigenvalue weighted by Gasteiger charge is 2.48. The molecule has 3 nitrogen and oxygen atoms in total.